The van der Waals surface area contributed by atoms with Crippen LogP contribution in [0.25, 0.3) is 0 Å². The Morgan fingerprint density at radius 2 is 1.88 bits per heavy atom. The molecule has 0 aliphatic carbocycles. The summed E-state index contributed by atoms with van der Waals surface area (Å²) in [7, 11) is 1.55. The lowest BCUT2D eigenvalue weighted by atomic mass is 10.0. The molecule has 2 aliphatic heterocycles. The van der Waals surface area contributed by atoms with E-state index in [2.05, 4.69) is 15.6 Å². The van der Waals surface area contributed by atoms with Crippen molar-refractivity contribution in [3.05, 3.63) is 59.9 Å². The van der Waals surface area contributed by atoms with Gasteiger partial charge < -0.3 is 25.2 Å². The Kier molecular flexibility index (Phi) is 7.05. The van der Waals surface area contributed by atoms with Crippen LogP contribution in [0.1, 0.15) is 33.6 Å². The molecular formula is C24H27N5O5. The molecule has 3 heterocycles. The fourth-order valence-electron chi connectivity index (χ4n) is 4.18. The van der Waals surface area contributed by atoms with Crippen molar-refractivity contribution in [2.24, 2.45) is 0 Å². The summed E-state index contributed by atoms with van der Waals surface area (Å²) in [5, 5.41) is 5.51. The molecule has 2 atom stereocenters. The average Bonchev–Trinajstić information content (AvgIpc) is 2.89. The van der Waals surface area contributed by atoms with E-state index in [0.29, 0.717) is 29.8 Å². The number of hydrogen-bond acceptors (Lipinski definition) is 6. The van der Waals surface area contributed by atoms with Gasteiger partial charge in [-0.3, -0.25) is 24.2 Å². The summed E-state index contributed by atoms with van der Waals surface area (Å²) in [5.41, 5.74) is 0.810. The van der Waals surface area contributed by atoms with Crippen LogP contribution in [0.5, 0.6) is 5.75 Å². The molecule has 10 nitrogen and oxygen atoms in total. The number of rotatable bonds is 5. The molecule has 4 amide bonds. The number of piperidine rings is 1. The summed E-state index contributed by atoms with van der Waals surface area (Å²) in [6.07, 6.45) is 4.28. The molecule has 1 aromatic heterocycles. The first-order valence-corrected chi connectivity index (χ1v) is 11.2. The molecule has 34 heavy (non-hydrogen) atoms. The molecule has 2 N–H and O–H groups in total. The largest absolute Gasteiger partial charge is 0.497 e. The third-order valence-electron chi connectivity index (χ3n) is 6.08. The van der Waals surface area contributed by atoms with Crippen molar-refractivity contribution in [3.63, 3.8) is 0 Å². The molecule has 2 aliphatic rings. The van der Waals surface area contributed by atoms with Crippen LogP contribution in [0.3, 0.4) is 0 Å². The normalized spacial score (nSPS) is 20.3. The van der Waals surface area contributed by atoms with Gasteiger partial charge in [-0.2, -0.15) is 0 Å². The molecule has 0 saturated carbocycles. The number of ether oxygens (including phenoxy) is 1. The first-order chi connectivity index (χ1) is 16.5. The zero-order valence-electron chi connectivity index (χ0n) is 18.9. The Bertz CT molecular complexity index is 1060. The Hall–Kier alpha value is -3.95. The van der Waals surface area contributed by atoms with Crippen LogP contribution in [-0.4, -0.2) is 83.8 Å². The molecule has 2 fully saturated rings. The maximum absolute atomic E-state index is 13.3. The summed E-state index contributed by atoms with van der Waals surface area (Å²) >= 11 is 0. The van der Waals surface area contributed by atoms with Gasteiger partial charge in [0, 0.05) is 37.6 Å². The molecule has 0 unspecified atom stereocenters. The molecular weight excluding hydrogens is 438 g/mol. The van der Waals surface area contributed by atoms with Gasteiger partial charge in [0.25, 0.3) is 11.8 Å². The minimum atomic E-state index is -0.946. The summed E-state index contributed by atoms with van der Waals surface area (Å²) in [5.74, 6) is -0.674. The highest BCUT2D eigenvalue weighted by Crippen LogP contribution is 2.19. The number of carbonyl (C=O) groups excluding carboxylic acids is 4. The summed E-state index contributed by atoms with van der Waals surface area (Å²) < 4.78 is 5.15. The van der Waals surface area contributed by atoms with E-state index in [-0.39, 0.29) is 37.4 Å². The molecule has 0 radical (unpaired) electrons. The fourth-order valence-corrected chi connectivity index (χ4v) is 4.18. The number of amides is 4. The Morgan fingerprint density at radius 3 is 2.56 bits per heavy atom. The highest BCUT2D eigenvalue weighted by atomic mass is 16.5. The quantitative estimate of drug-likeness (QED) is 0.662. The second kappa shape index (κ2) is 10.3. The lowest BCUT2D eigenvalue weighted by Gasteiger charge is -2.41. The SMILES string of the molecule is COc1ccc(C(=O)N2CCN(C(=O)c3cccnc3)[C@@H](C(=O)N[C@@H]3CCCNC3=O)C2)cc1. The highest BCUT2D eigenvalue weighted by Gasteiger charge is 2.39. The minimum absolute atomic E-state index is 0.0109. The van der Waals surface area contributed by atoms with Gasteiger partial charge in [-0.15, -0.1) is 0 Å². The van der Waals surface area contributed by atoms with E-state index in [4.69, 9.17) is 4.74 Å². The average molecular weight is 466 g/mol. The summed E-state index contributed by atoms with van der Waals surface area (Å²) in [6.45, 7) is 1.02. The van der Waals surface area contributed by atoms with Gasteiger partial charge in [-0.25, -0.2) is 0 Å². The van der Waals surface area contributed by atoms with Crippen molar-refractivity contribution in [2.75, 3.05) is 33.3 Å². The third kappa shape index (κ3) is 5.00. The van der Waals surface area contributed by atoms with Crippen molar-refractivity contribution in [1.82, 2.24) is 25.4 Å². The second-order valence-electron chi connectivity index (χ2n) is 8.23. The highest BCUT2D eigenvalue weighted by molar-refractivity contribution is 6.00. The number of hydrogen-bond donors (Lipinski definition) is 2. The van der Waals surface area contributed by atoms with Gasteiger partial charge in [0.05, 0.1) is 19.2 Å². The summed E-state index contributed by atoms with van der Waals surface area (Å²) in [6, 6.07) is 8.39. The van der Waals surface area contributed by atoms with Crippen LogP contribution in [0.2, 0.25) is 0 Å². The Balaban J connectivity index is 1.55. The van der Waals surface area contributed by atoms with Crippen LogP contribution in [0, 0.1) is 0 Å². The van der Waals surface area contributed by atoms with Gasteiger partial charge in [0.1, 0.15) is 17.8 Å². The molecule has 2 aromatic rings. The first-order valence-electron chi connectivity index (χ1n) is 11.2. The molecule has 178 valence electrons. The minimum Gasteiger partial charge on any atom is -0.497 e. The number of carbonyl (C=O) groups is 4. The van der Waals surface area contributed by atoms with E-state index in [9.17, 15) is 19.2 Å². The maximum atomic E-state index is 13.3. The Morgan fingerprint density at radius 1 is 1.09 bits per heavy atom. The monoisotopic (exact) mass is 465 g/mol. The number of benzene rings is 1. The van der Waals surface area contributed by atoms with Gasteiger partial charge in [0.15, 0.2) is 0 Å². The van der Waals surface area contributed by atoms with Crippen molar-refractivity contribution in [1.29, 1.82) is 0 Å². The van der Waals surface area contributed by atoms with E-state index in [1.165, 1.54) is 11.1 Å². The van der Waals surface area contributed by atoms with E-state index < -0.39 is 18.0 Å². The van der Waals surface area contributed by atoms with E-state index >= 15 is 0 Å². The van der Waals surface area contributed by atoms with Crippen LogP contribution < -0.4 is 15.4 Å². The predicted molar refractivity (Wildman–Crippen MR) is 122 cm³/mol. The number of pyridine rings is 1. The second-order valence-corrected chi connectivity index (χ2v) is 8.23. The molecule has 4 rings (SSSR count). The predicted octanol–water partition coefficient (Wildman–Crippen LogP) is 0.452. The zero-order valence-corrected chi connectivity index (χ0v) is 18.9. The molecule has 0 spiro atoms. The van der Waals surface area contributed by atoms with Crippen LogP contribution in [0.4, 0.5) is 0 Å². The van der Waals surface area contributed by atoms with Gasteiger partial charge in [0.2, 0.25) is 11.8 Å². The lowest BCUT2D eigenvalue weighted by molar-refractivity contribution is -0.133. The van der Waals surface area contributed by atoms with E-state index in [1.807, 2.05) is 0 Å². The molecule has 0 bridgehead atoms. The topological polar surface area (TPSA) is 121 Å². The molecule has 2 saturated heterocycles. The van der Waals surface area contributed by atoms with Gasteiger partial charge in [-0.05, 0) is 49.2 Å². The van der Waals surface area contributed by atoms with Crippen LogP contribution >= 0.6 is 0 Å². The Labute approximate surface area is 197 Å². The number of aromatic nitrogens is 1. The maximum Gasteiger partial charge on any atom is 0.256 e. The van der Waals surface area contributed by atoms with Gasteiger partial charge in [-0.1, -0.05) is 0 Å². The van der Waals surface area contributed by atoms with Crippen molar-refractivity contribution >= 4 is 23.6 Å². The molecule has 1 aromatic carbocycles. The van der Waals surface area contributed by atoms with Crippen molar-refractivity contribution in [2.45, 2.75) is 24.9 Å². The number of nitrogens with zero attached hydrogens (tertiary/aromatic N) is 3. The standard InChI is InChI=1S/C24H27N5O5/c1-34-18-8-6-16(7-9-18)23(32)28-12-13-29(24(33)17-4-2-10-25-14-17)20(15-28)22(31)27-19-5-3-11-26-21(19)30/h2,4,6-10,14,19-20H,3,5,11-13,15H2,1H3,(H,26,30)(H,27,31)/t19-,20-/m1/s1. The van der Waals surface area contributed by atoms with E-state index in [0.717, 1.165) is 6.42 Å². The fraction of sp³-hybridized carbons (Fsp3) is 0.375. The number of nitrogens with one attached hydrogen (secondary N) is 2. The van der Waals surface area contributed by atoms with Crippen molar-refractivity contribution in [3.8, 4) is 5.75 Å². The van der Waals surface area contributed by atoms with Crippen LogP contribution in [-0.2, 0) is 9.59 Å². The number of piperazine rings is 1. The lowest BCUT2D eigenvalue weighted by Crippen LogP contribution is -2.63. The van der Waals surface area contributed by atoms with E-state index in [1.54, 1.807) is 54.6 Å². The third-order valence-corrected chi connectivity index (χ3v) is 6.08. The van der Waals surface area contributed by atoms with Crippen molar-refractivity contribution < 1.29 is 23.9 Å². The number of methoxy groups -OCH3 is 1. The summed E-state index contributed by atoms with van der Waals surface area (Å²) in [4.78, 5) is 58.8. The smallest absolute Gasteiger partial charge is 0.256 e. The molecule has 10 heteroatoms. The zero-order chi connectivity index (χ0) is 24.1. The van der Waals surface area contributed by atoms with Gasteiger partial charge >= 0.3 is 0 Å². The first kappa shape index (κ1) is 23.2. The van der Waals surface area contributed by atoms with Crippen LogP contribution in [0.15, 0.2) is 48.8 Å².